The SMILES string of the molecule is COc1cc(OC)cc(C(=O)N2CCN(c3cc(OC)nc(OC)n3)CC2)c1. The Bertz CT molecular complexity index is 793. The number of benzene rings is 1. The Morgan fingerprint density at radius 2 is 1.46 bits per heavy atom. The van der Waals surface area contributed by atoms with Gasteiger partial charge < -0.3 is 28.7 Å². The Labute approximate surface area is 163 Å². The van der Waals surface area contributed by atoms with Crippen molar-refractivity contribution in [1.82, 2.24) is 14.9 Å². The molecule has 9 heteroatoms. The van der Waals surface area contributed by atoms with Crippen LogP contribution >= 0.6 is 0 Å². The normalized spacial score (nSPS) is 13.9. The Hall–Kier alpha value is -3.23. The van der Waals surface area contributed by atoms with Crippen LogP contribution in [0.3, 0.4) is 0 Å². The lowest BCUT2D eigenvalue weighted by atomic mass is 10.1. The van der Waals surface area contributed by atoms with Gasteiger partial charge in [-0.3, -0.25) is 4.79 Å². The first-order valence-corrected chi connectivity index (χ1v) is 8.82. The van der Waals surface area contributed by atoms with E-state index in [0.717, 1.165) is 0 Å². The Morgan fingerprint density at radius 3 is 2.00 bits per heavy atom. The molecule has 3 rings (SSSR count). The van der Waals surface area contributed by atoms with E-state index in [1.165, 1.54) is 7.11 Å². The predicted octanol–water partition coefficient (Wildman–Crippen LogP) is 1.47. The highest BCUT2D eigenvalue weighted by Crippen LogP contribution is 2.25. The molecule has 28 heavy (non-hydrogen) atoms. The number of rotatable bonds is 6. The van der Waals surface area contributed by atoms with Gasteiger partial charge in [0.25, 0.3) is 5.91 Å². The molecule has 1 aromatic heterocycles. The number of carbonyl (C=O) groups is 1. The third-order valence-electron chi connectivity index (χ3n) is 4.55. The maximum atomic E-state index is 12.9. The molecule has 0 bridgehead atoms. The van der Waals surface area contributed by atoms with Gasteiger partial charge in [-0.15, -0.1) is 0 Å². The van der Waals surface area contributed by atoms with Gasteiger partial charge in [-0.1, -0.05) is 0 Å². The first-order valence-electron chi connectivity index (χ1n) is 8.82. The average molecular weight is 388 g/mol. The highest BCUT2D eigenvalue weighted by Gasteiger charge is 2.24. The van der Waals surface area contributed by atoms with Crippen molar-refractivity contribution < 1.29 is 23.7 Å². The number of hydrogen-bond donors (Lipinski definition) is 0. The van der Waals surface area contributed by atoms with Crippen LogP contribution in [-0.2, 0) is 0 Å². The van der Waals surface area contributed by atoms with Crippen LogP contribution in [0.5, 0.6) is 23.4 Å². The predicted molar refractivity (Wildman–Crippen MR) is 103 cm³/mol. The van der Waals surface area contributed by atoms with E-state index in [9.17, 15) is 4.79 Å². The molecule has 0 N–H and O–H groups in total. The number of piperazine rings is 1. The first kappa shape index (κ1) is 19.5. The molecule has 1 aliphatic heterocycles. The number of amides is 1. The van der Waals surface area contributed by atoms with Gasteiger partial charge in [0.2, 0.25) is 5.88 Å². The van der Waals surface area contributed by atoms with E-state index < -0.39 is 0 Å². The molecule has 1 amide bonds. The van der Waals surface area contributed by atoms with Crippen LogP contribution in [-0.4, -0.2) is 75.4 Å². The number of carbonyl (C=O) groups excluding carboxylic acids is 1. The number of hydrogen-bond acceptors (Lipinski definition) is 8. The lowest BCUT2D eigenvalue weighted by Gasteiger charge is -2.35. The van der Waals surface area contributed by atoms with Gasteiger partial charge in [0.15, 0.2) is 0 Å². The van der Waals surface area contributed by atoms with Gasteiger partial charge in [-0.05, 0) is 12.1 Å². The topological polar surface area (TPSA) is 86.3 Å². The van der Waals surface area contributed by atoms with Crippen molar-refractivity contribution >= 4 is 11.7 Å². The zero-order valence-electron chi connectivity index (χ0n) is 16.5. The maximum absolute atomic E-state index is 12.9. The summed E-state index contributed by atoms with van der Waals surface area (Å²) in [5.74, 6) is 2.25. The molecule has 0 aliphatic carbocycles. The minimum atomic E-state index is -0.0605. The second-order valence-corrected chi connectivity index (χ2v) is 6.14. The Balaban J connectivity index is 1.71. The number of anilines is 1. The second-order valence-electron chi connectivity index (χ2n) is 6.14. The van der Waals surface area contributed by atoms with E-state index in [-0.39, 0.29) is 11.9 Å². The molecule has 9 nitrogen and oxygen atoms in total. The molecule has 2 heterocycles. The number of ether oxygens (including phenoxy) is 4. The summed E-state index contributed by atoms with van der Waals surface area (Å²) in [5.41, 5.74) is 0.537. The lowest BCUT2D eigenvalue weighted by molar-refractivity contribution is 0.0745. The minimum Gasteiger partial charge on any atom is -0.497 e. The molecule has 1 fully saturated rings. The molecule has 1 saturated heterocycles. The van der Waals surface area contributed by atoms with Gasteiger partial charge in [0.1, 0.15) is 17.3 Å². The van der Waals surface area contributed by atoms with E-state index in [0.29, 0.717) is 54.9 Å². The summed E-state index contributed by atoms with van der Waals surface area (Å²) in [6.45, 7) is 2.40. The molecule has 0 atom stereocenters. The largest absolute Gasteiger partial charge is 0.497 e. The van der Waals surface area contributed by atoms with E-state index in [2.05, 4.69) is 14.9 Å². The molecular formula is C19H24N4O5. The van der Waals surface area contributed by atoms with Gasteiger partial charge >= 0.3 is 6.01 Å². The van der Waals surface area contributed by atoms with Gasteiger partial charge in [0.05, 0.1) is 28.4 Å². The van der Waals surface area contributed by atoms with Crippen LogP contribution in [0.15, 0.2) is 24.3 Å². The quantitative estimate of drug-likeness (QED) is 0.735. The summed E-state index contributed by atoms with van der Waals surface area (Å²) < 4.78 is 20.8. The van der Waals surface area contributed by atoms with Crippen molar-refractivity contribution in [2.24, 2.45) is 0 Å². The smallest absolute Gasteiger partial charge is 0.321 e. The lowest BCUT2D eigenvalue weighted by Crippen LogP contribution is -2.49. The molecule has 2 aromatic rings. The van der Waals surface area contributed by atoms with Gasteiger partial charge in [-0.25, -0.2) is 0 Å². The second kappa shape index (κ2) is 8.64. The van der Waals surface area contributed by atoms with E-state index in [1.807, 2.05) is 0 Å². The fourth-order valence-corrected chi connectivity index (χ4v) is 3.00. The highest BCUT2D eigenvalue weighted by molar-refractivity contribution is 5.95. The molecule has 0 unspecified atom stereocenters. The first-order chi connectivity index (χ1) is 13.6. The van der Waals surface area contributed by atoms with Crippen LogP contribution in [0, 0.1) is 0 Å². The Kier molecular flexibility index (Phi) is 6.03. The molecule has 1 aliphatic rings. The molecule has 1 aromatic carbocycles. The Morgan fingerprint density at radius 1 is 0.821 bits per heavy atom. The molecular weight excluding hydrogens is 364 g/mol. The van der Waals surface area contributed by atoms with Gasteiger partial charge in [-0.2, -0.15) is 9.97 Å². The van der Waals surface area contributed by atoms with Crippen LogP contribution in [0.25, 0.3) is 0 Å². The summed E-state index contributed by atoms with van der Waals surface area (Å²) in [6.07, 6.45) is 0. The van der Waals surface area contributed by atoms with Crippen molar-refractivity contribution in [1.29, 1.82) is 0 Å². The average Bonchev–Trinajstić information content (AvgIpc) is 2.77. The summed E-state index contributed by atoms with van der Waals surface area (Å²) in [7, 11) is 6.18. The number of aromatic nitrogens is 2. The van der Waals surface area contributed by atoms with Crippen LogP contribution in [0.2, 0.25) is 0 Å². The van der Waals surface area contributed by atoms with E-state index in [1.54, 1.807) is 50.5 Å². The molecule has 0 spiro atoms. The fourth-order valence-electron chi connectivity index (χ4n) is 3.00. The van der Waals surface area contributed by atoms with Crippen molar-refractivity contribution in [3.8, 4) is 23.4 Å². The standard InChI is InChI=1S/C19H24N4O5/c1-25-14-9-13(10-15(11-14)26-2)18(24)23-7-5-22(6-8-23)16-12-17(27-3)21-19(20-16)28-4/h9-12H,5-8H2,1-4H3. The summed E-state index contributed by atoms with van der Waals surface area (Å²) >= 11 is 0. The van der Waals surface area contributed by atoms with Crippen molar-refractivity contribution in [2.45, 2.75) is 0 Å². The van der Waals surface area contributed by atoms with Crippen LogP contribution < -0.4 is 23.8 Å². The molecule has 0 saturated carbocycles. The minimum absolute atomic E-state index is 0.0605. The molecule has 150 valence electrons. The van der Waals surface area contributed by atoms with E-state index in [4.69, 9.17) is 18.9 Å². The summed E-state index contributed by atoms with van der Waals surface area (Å²) in [6, 6.07) is 7.18. The monoisotopic (exact) mass is 388 g/mol. The maximum Gasteiger partial charge on any atom is 0.321 e. The van der Waals surface area contributed by atoms with Crippen molar-refractivity contribution in [2.75, 3.05) is 59.5 Å². The summed E-state index contributed by atoms with van der Waals surface area (Å²) in [4.78, 5) is 25.3. The van der Waals surface area contributed by atoms with Crippen molar-refractivity contribution in [3.05, 3.63) is 29.8 Å². The van der Waals surface area contributed by atoms with Gasteiger partial charge in [0, 0.05) is 43.9 Å². The van der Waals surface area contributed by atoms with Crippen LogP contribution in [0.4, 0.5) is 5.82 Å². The number of nitrogens with zero attached hydrogens (tertiary/aromatic N) is 4. The third kappa shape index (κ3) is 4.19. The highest BCUT2D eigenvalue weighted by atomic mass is 16.5. The zero-order valence-corrected chi connectivity index (χ0v) is 16.5. The summed E-state index contributed by atoms with van der Waals surface area (Å²) in [5, 5.41) is 0. The van der Waals surface area contributed by atoms with Crippen LogP contribution in [0.1, 0.15) is 10.4 Å². The fraction of sp³-hybridized carbons (Fsp3) is 0.421. The zero-order chi connectivity index (χ0) is 20.1. The van der Waals surface area contributed by atoms with Crippen molar-refractivity contribution in [3.63, 3.8) is 0 Å². The number of methoxy groups -OCH3 is 4. The third-order valence-corrected chi connectivity index (χ3v) is 4.55. The van der Waals surface area contributed by atoms with E-state index >= 15 is 0 Å². The molecule has 0 radical (unpaired) electrons.